The monoisotopic (exact) mass is 1970 g/mol. The van der Waals surface area contributed by atoms with Crippen LogP contribution in [0.15, 0.2) is 250 Å². The summed E-state index contributed by atoms with van der Waals surface area (Å²) in [5, 5.41) is 40.0. The first-order chi connectivity index (χ1) is 71.0. The van der Waals surface area contributed by atoms with Crippen LogP contribution < -0.4 is 65.6 Å². The normalized spacial score (nSPS) is 14.9. The van der Waals surface area contributed by atoms with Crippen LogP contribution in [0.1, 0.15) is 157 Å². The van der Waals surface area contributed by atoms with Gasteiger partial charge in [-0.05, 0) is 265 Å². The zero-order chi connectivity index (χ0) is 102. The van der Waals surface area contributed by atoms with Crippen molar-refractivity contribution in [1.29, 1.82) is 0 Å². The van der Waals surface area contributed by atoms with Crippen molar-refractivity contribution in [2.75, 3.05) is 106 Å². The Labute approximate surface area is 848 Å². The number of pyridine rings is 6. The quantitative estimate of drug-likeness (QED) is 0.0178. The van der Waals surface area contributed by atoms with Gasteiger partial charge in [-0.2, -0.15) is 15.3 Å². The lowest BCUT2D eigenvalue weighted by Gasteiger charge is -2.24. The van der Waals surface area contributed by atoms with E-state index in [9.17, 15) is 24.0 Å². The summed E-state index contributed by atoms with van der Waals surface area (Å²) in [6, 6.07) is 62.5. The van der Waals surface area contributed by atoms with E-state index in [4.69, 9.17) is 58.4 Å². The van der Waals surface area contributed by atoms with Crippen LogP contribution in [0.2, 0.25) is 0 Å². The molecule has 146 heavy (non-hydrogen) atoms. The van der Waals surface area contributed by atoms with Gasteiger partial charge in [-0.3, -0.25) is 24.1 Å². The molecule has 1 saturated carbocycles. The number of carbonyl (C=O) groups is 5. The molecular formula is C112H124N22O12. The molecule has 5 amide bonds. The van der Waals surface area contributed by atoms with Crippen LogP contribution in [0.25, 0.3) is 33.1 Å². The molecule has 0 radical (unpaired) electrons. The largest absolute Gasteiger partial charge is 0.497 e. The standard InChI is InChI=1S/C41H46N8O4.C38H43N7O5.C33H35N7O3/c1-4-6-28-18-21-42-36(25-28)45-41(51)30-10-16-34(17-11-30)53-35-19-22-43-40-38(35)39(46-49(40)26-29-8-14-33(52-3)15-9-29)44-31-20-24-48(27-31)37(50)7-5-23-47(2)32-12-13-32;1-6-7-25-16-19-39-32(22-25)42-36(46)27-10-14-30(15-11-27)49-31-17-20-40-35-33(31)34(43-45(35)23-26-8-12-29(48-5)13-9-26)41-28-18-21-44(24-28)37(47)50-38(2,3)4;1-3-4-22-13-17-35-29(19-22)38-33(41)24-7-11-27(12-8-24)43-28-15-18-36-32-30(28)31(37-25-14-16-34-20-25)39-40(32)21-23-5-9-26(42-2)10-6-23/h5,7-11,14-19,21-22,25,31-32H,4,6,12-13,20,23-24,26-27H2,1-3H3,(H,44,46)(H,42,45,51);8-17,19-20,22,28H,6-7,18,21,23-24H2,1-5H3,(H,41,43)(H,39,42,46);5-13,15,17-19,25,34H,3-4,14,16,20-21H2,1-2H3,(H,37,39)(H,35,38,41)/b7-5+;;/t31-;28-;25-/m111/s1. The number of hydrogen-bond donors (Lipinski definition) is 7. The van der Waals surface area contributed by atoms with E-state index in [0.717, 1.165) is 150 Å². The van der Waals surface area contributed by atoms with Crippen molar-refractivity contribution >= 4 is 97.7 Å². The summed E-state index contributed by atoms with van der Waals surface area (Å²) in [5.41, 5.74) is 9.44. The molecule has 0 bridgehead atoms. The van der Waals surface area contributed by atoms with E-state index >= 15 is 0 Å². The van der Waals surface area contributed by atoms with Gasteiger partial charge >= 0.3 is 6.09 Å². The maximum atomic E-state index is 13.0. The Balaban J connectivity index is 0.000000151. The van der Waals surface area contributed by atoms with Crippen molar-refractivity contribution in [3.63, 3.8) is 0 Å². The van der Waals surface area contributed by atoms with Gasteiger partial charge in [-0.25, -0.2) is 48.7 Å². The molecule has 19 rings (SSSR count). The molecule has 0 spiro atoms. The molecule has 15 aromatic rings. The van der Waals surface area contributed by atoms with E-state index in [0.29, 0.717) is 149 Å². The molecule has 754 valence electrons. The SMILES string of the molecule is CCCc1ccnc(NC(=O)c2ccc(Oc3ccnc4c3c(N[C@@H]3CCN(C(=O)/C=C/CN(C)C5CC5)C3)nn4Cc3ccc(OC)cc3)cc2)c1.CCCc1ccnc(NC(=O)c2ccc(Oc3ccnc4c3c(N[C@@H]3CCN(C(=O)OC(C)(C)C)C3)nn4Cc3ccc(OC)cc3)cc2)c1.CCCc1ccnc(NC(=O)c2ccc(Oc3ccnc4c3c(N[C@@H]3CCNC3)nn4Cc3ccc(OC)cc3)cc2)c1. The first-order valence-corrected chi connectivity index (χ1v) is 49.8. The second-order valence-corrected chi connectivity index (χ2v) is 37.6. The van der Waals surface area contributed by atoms with E-state index in [1.165, 1.54) is 12.8 Å². The second-order valence-electron chi connectivity index (χ2n) is 37.6. The Hall–Kier alpha value is -16.4. The Bertz CT molecular complexity index is 7050. The average Bonchev–Trinajstić information content (AvgIpc) is 1.63. The minimum atomic E-state index is -0.573. The number of ether oxygens (including phenoxy) is 7. The number of likely N-dealkylation sites (N-methyl/N-ethyl adjacent to an activating group) is 1. The smallest absolute Gasteiger partial charge is 0.410 e. The molecule has 0 unspecified atom stereocenters. The number of benzene rings is 6. The molecule has 1 aliphatic carbocycles. The van der Waals surface area contributed by atoms with Gasteiger partial charge in [-0.1, -0.05) is 82.5 Å². The number of hydrogen-bond acceptors (Lipinski definition) is 26. The Morgan fingerprint density at radius 3 is 1.09 bits per heavy atom. The summed E-state index contributed by atoms with van der Waals surface area (Å²) in [6.45, 7) is 18.3. The van der Waals surface area contributed by atoms with Gasteiger partial charge in [-0.15, -0.1) is 0 Å². The lowest BCUT2D eigenvalue weighted by atomic mass is 10.1. The van der Waals surface area contributed by atoms with Crippen LogP contribution in [-0.4, -0.2) is 208 Å². The summed E-state index contributed by atoms with van der Waals surface area (Å²) >= 11 is 0. The zero-order valence-electron chi connectivity index (χ0n) is 83.9. The topological polar surface area (TPSA) is 375 Å². The number of likely N-dealkylation sites (tertiary alicyclic amines) is 2. The second kappa shape index (κ2) is 47.7. The fraction of sp³-hybridized carbons (Fsp3) is 0.321. The number of anilines is 6. The van der Waals surface area contributed by atoms with Gasteiger partial charge in [0.2, 0.25) is 5.91 Å². The molecule has 6 aromatic carbocycles. The summed E-state index contributed by atoms with van der Waals surface area (Å²) in [7, 11) is 7.05. The number of amides is 5. The van der Waals surface area contributed by atoms with Crippen LogP contribution in [0, 0.1) is 0 Å². The Morgan fingerprint density at radius 1 is 0.411 bits per heavy atom. The molecule has 3 saturated heterocycles. The molecule has 7 N–H and O–H groups in total. The number of nitrogens with one attached hydrogen (secondary N) is 7. The Kier molecular flexibility index (Phi) is 33.0. The van der Waals surface area contributed by atoms with Gasteiger partial charge < -0.3 is 80.2 Å². The van der Waals surface area contributed by atoms with E-state index in [-0.39, 0.29) is 47.8 Å². The first kappa shape index (κ1) is 101. The number of rotatable bonds is 37. The van der Waals surface area contributed by atoms with E-state index in [2.05, 4.69) is 89.9 Å². The highest BCUT2D eigenvalue weighted by molar-refractivity contribution is 6.06. The third-order valence-electron chi connectivity index (χ3n) is 25.4. The molecule has 34 nitrogen and oxygen atoms in total. The maximum Gasteiger partial charge on any atom is 0.410 e. The number of nitrogens with zero attached hydrogens (tertiary/aromatic N) is 15. The summed E-state index contributed by atoms with van der Waals surface area (Å²) in [4.78, 5) is 97.6. The minimum absolute atomic E-state index is 0.00275. The molecular weight excluding hydrogens is 1850 g/mol. The minimum Gasteiger partial charge on any atom is -0.497 e. The Morgan fingerprint density at radius 2 is 0.753 bits per heavy atom. The summed E-state index contributed by atoms with van der Waals surface area (Å²) in [6.07, 6.45) is 24.4. The highest BCUT2D eigenvalue weighted by Gasteiger charge is 2.34. The van der Waals surface area contributed by atoms with Crippen LogP contribution in [-0.2, 0) is 48.4 Å². The molecule has 4 fully saturated rings. The molecule has 9 aromatic heterocycles. The number of carbonyl (C=O) groups excluding carboxylic acids is 5. The van der Waals surface area contributed by atoms with Crippen molar-refractivity contribution in [3.05, 3.63) is 300 Å². The zero-order valence-corrected chi connectivity index (χ0v) is 83.9. The number of aromatic nitrogens is 12. The van der Waals surface area contributed by atoms with Crippen molar-refractivity contribution < 1.29 is 57.1 Å². The number of methoxy groups -OCH3 is 3. The predicted molar refractivity (Wildman–Crippen MR) is 565 cm³/mol. The lowest BCUT2D eigenvalue weighted by molar-refractivity contribution is -0.125. The molecule has 4 aliphatic rings. The maximum absolute atomic E-state index is 13.0. The van der Waals surface area contributed by atoms with Gasteiger partial charge in [0.1, 0.15) is 91.0 Å². The van der Waals surface area contributed by atoms with E-state index in [1.807, 2.05) is 167 Å². The summed E-state index contributed by atoms with van der Waals surface area (Å²) < 4.78 is 46.4. The van der Waals surface area contributed by atoms with Crippen molar-refractivity contribution in [1.82, 2.24) is 79.3 Å². The van der Waals surface area contributed by atoms with Crippen molar-refractivity contribution in [2.45, 2.75) is 162 Å². The number of fused-ring (bicyclic) bond motifs is 3. The van der Waals surface area contributed by atoms with Gasteiger partial charge in [0.15, 0.2) is 34.4 Å². The third kappa shape index (κ3) is 26.6. The van der Waals surface area contributed by atoms with Crippen LogP contribution in [0.5, 0.6) is 51.7 Å². The van der Waals surface area contributed by atoms with Gasteiger partial charge in [0.25, 0.3) is 17.7 Å². The average molecular weight is 1970 g/mol. The highest BCUT2D eigenvalue weighted by Crippen LogP contribution is 2.41. The highest BCUT2D eigenvalue weighted by atomic mass is 16.6. The van der Waals surface area contributed by atoms with E-state index in [1.54, 1.807) is 148 Å². The molecule has 34 heteroatoms. The molecule has 3 aliphatic heterocycles. The van der Waals surface area contributed by atoms with Crippen LogP contribution >= 0.6 is 0 Å². The first-order valence-electron chi connectivity index (χ1n) is 49.8. The third-order valence-corrected chi connectivity index (χ3v) is 25.4. The summed E-state index contributed by atoms with van der Waals surface area (Å²) in [5.74, 6) is 8.65. The molecule has 3 atom stereocenters. The van der Waals surface area contributed by atoms with E-state index < -0.39 is 5.60 Å². The van der Waals surface area contributed by atoms with Gasteiger partial charge in [0.05, 0.1) is 41.0 Å². The van der Waals surface area contributed by atoms with Crippen LogP contribution in [0.4, 0.5) is 39.7 Å². The molecule has 12 heterocycles. The number of aryl methyl sites for hydroxylation is 3. The lowest BCUT2D eigenvalue weighted by Crippen LogP contribution is -2.36. The fourth-order valence-electron chi connectivity index (χ4n) is 17.6. The predicted octanol–water partition coefficient (Wildman–Crippen LogP) is 19.5. The van der Waals surface area contributed by atoms with Crippen LogP contribution in [0.3, 0.4) is 0 Å². The van der Waals surface area contributed by atoms with Crippen molar-refractivity contribution in [2.24, 2.45) is 0 Å². The van der Waals surface area contributed by atoms with Crippen molar-refractivity contribution in [3.8, 4) is 51.7 Å². The van der Waals surface area contributed by atoms with Gasteiger partial charge in [0, 0.05) is 142 Å². The fourth-order valence-corrected chi connectivity index (χ4v) is 17.6.